The molecule has 1 aromatic heterocycles. The number of nitrogens with one attached hydrogen (secondary N) is 1. The van der Waals surface area contributed by atoms with E-state index in [0.29, 0.717) is 11.4 Å². The molecule has 1 aliphatic carbocycles. The number of carbonyl (C=O) groups is 1. The summed E-state index contributed by atoms with van der Waals surface area (Å²) in [5, 5.41) is 15.6. The molecule has 0 radical (unpaired) electrons. The van der Waals surface area contributed by atoms with Crippen molar-refractivity contribution in [2.75, 3.05) is 5.32 Å². The lowest BCUT2D eigenvalue weighted by Gasteiger charge is -2.07. The molecule has 1 amide bonds. The van der Waals surface area contributed by atoms with E-state index in [1.165, 1.54) is 4.68 Å². The van der Waals surface area contributed by atoms with E-state index in [-0.39, 0.29) is 11.8 Å². The van der Waals surface area contributed by atoms with E-state index in [1.807, 2.05) is 6.07 Å². The Morgan fingerprint density at radius 1 is 1.62 bits per heavy atom. The first-order chi connectivity index (χ1) is 7.70. The van der Waals surface area contributed by atoms with Crippen molar-refractivity contribution in [3.8, 4) is 6.07 Å². The molecule has 0 spiro atoms. The van der Waals surface area contributed by atoms with Gasteiger partial charge in [0, 0.05) is 19.2 Å². The van der Waals surface area contributed by atoms with Gasteiger partial charge < -0.3 is 5.32 Å². The fourth-order valence-corrected chi connectivity index (χ4v) is 2.07. The maximum absolute atomic E-state index is 11.8. The van der Waals surface area contributed by atoms with E-state index in [1.54, 1.807) is 13.2 Å². The molecule has 1 saturated carbocycles. The SMILES string of the molecule is Cn1cc(C#N)c(NC(=O)C2CCCC2)n1. The van der Waals surface area contributed by atoms with Crippen LogP contribution in [0.3, 0.4) is 0 Å². The minimum absolute atomic E-state index is 0.00676. The minimum atomic E-state index is -0.00676. The molecule has 0 aliphatic heterocycles. The molecule has 1 fully saturated rings. The highest BCUT2D eigenvalue weighted by Crippen LogP contribution is 2.26. The maximum atomic E-state index is 11.8. The van der Waals surface area contributed by atoms with Gasteiger partial charge in [-0.2, -0.15) is 10.4 Å². The highest BCUT2D eigenvalue weighted by molar-refractivity contribution is 5.92. The third kappa shape index (κ3) is 2.06. The van der Waals surface area contributed by atoms with E-state index in [4.69, 9.17) is 5.26 Å². The third-order valence-corrected chi connectivity index (χ3v) is 2.92. The summed E-state index contributed by atoms with van der Waals surface area (Å²) in [6, 6.07) is 2.01. The highest BCUT2D eigenvalue weighted by Gasteiger charge is 2.24. The number of rotatable bonds is 2. The largest absolute Gasteiger partial charge is 0.308 e. The van der Waals surface area contributed by atoms with Gasteiger partial charge in [0.25, 0.3) is 0 Å². The molecule has 1 N–H and O–H groups in total. The number of aryl methyl sites for hydroxylation is 1. The summed E-state index contributed by atoms with van der Waals surface area (Å²) < 4.78 is 1.53. The van der Waals surface area contributed by atoms with E-state index < -0.39 is 0 Å². The first kappa shape index (κ1) is 10.7. The van der Waals surface area contributed by atoms with Gasteiger partial charge in [0.1, 0.15) is 11.6 Å². The Bertz CT molecular complexity index is 437. The van der Waals surface area contributed by atoms with Gasteiger partial charge in [-0.05, 0) is 12.8 Å². The highest BCUT2D eigenvalue weighted by atomic mass is 16.2. The van der Waals surface area contributed by atoms with Crippen LogP contribution in [-0.4, -0.2) is 15.7 Å². The maximum Gasteiger partial charge on any atom is 0.228 e. The minimum Gasteiger partial charge on any atom is -0.308 e. The van der Waals surface area contributed by atoms with E-state index in [0.717, 1.165) is 25.7 Å². The molecule has 0 atom stereocenters. The number of anilines is 1. The van der Waals surface area contributed by atoms with Gasteiger partial charge in [0.05, 0.1) is 0 Å². The first-order valence-electron chi connectivity index (χ1n) is 5.45. The number of carbonyl (C=O) groups excluding carboxylic acids is 1. The topological polar surface area (TPSA) is 70.7 Å². The van der Waals surface area contributed by atoms with Gasteiger partial charge in [0.2, 0.25) is 5.91 Å². The Morgan fingerprint density at radius 3 is 2.94 bits per heavy atom. The monoisotopic (exact) mass is 218 g/mol. The third-order valence-electron chi connectivity index (χ3n) is 2.92. The van der Waals surface area contributed by atoms with Crippen molar-refractivity contribution in [3.63, 3.8) is 0 Å². The molecular formula is C11H14N4O. The van der Waals surface area contributed by atoms with Crippen LogP contribution in [0.4, 0.5) is 5.82 Å². The standard InChI is InChI=1S/C11H14N4O/c1-15-7-9(6-12)10(14-15)13-11(16)8-4-2-3-5-8/h7-8H,2-5H2,1H3,(H,13,14,16). The summed E-state index contributed by atoms with van der Waals surface area (Å²) in [6.45, 7) is 0. The summed E-state index contributed by atoms with van der Waals surface area (Å²) in [5.74, 6) is 0.461. The zero-order valence-corrected chi connectivity index (χ0v) is 9.23. The zero-order valence-electron chi connectivity index (χ0n) is 9.23. The van der Waals surface area contributed by atoms with Crippen LogP contribution in [0.25, 0.3) is 0 Å². The van der Waals surface area contributed by atoms with Gasteiger partial charge in [-0.1, -0.05) is 12.8 Å². The Kier molecular flexibility index (Phi) is 2.91. The molecule has 1 aromatic rings. The molecule has 84 valence electrons. The second kappa shape index (κ2) is 4.35. The second-order valence-electron chi connectivity index (χ2n) is 4.15. The van der Waals surface area contributed by atoms with Crippen LogP contribution in [-0.2, 0) is 11.8 Å². The van der Waals surface area contributed by atoms with Crippen LogP contribution in [0.15, 0.2) is 6.20 Å². The lowest BCUT2D eigenvalue weighted by molar-refractivity contribution is -0.119. The van der Waals surface area contributed by atoms with Crippen LogP contribution >= 0.6 is 0 Å². The van der Waals surface area contributed by atoms with Crippen LogP contribution in [0.5, 0.6) is 0 Å². The fourth-order valence-electron chi connectivity index (χ4n) is 2.07. The van der Waals surface area contributed by atoms with Gasteiger partial charge in [-0.25, -0.2) is 0 Å². The fraction of sp³-hybridized carbons (Fsp3) is 0.545. The number of aromatic nitrogens is 2. The normalized spacial score (nSPS) is 16.0. The summed E-state index contributed by atoms with van der Waals surface area (Å²) >= 11 is 0. The first-order valence-corrected chi connectivity index (χ1v) is 5.45. The number of amides is 1. The summed E-state index contributed by atoms with van der Waals surface area (Å²) in [7, 11) is 1.73. The molecule has 0 bridgehead atoms. The van der Waals surface area contributed by atoms with E-state index in [9.17, 15) is 4.79 Å². The predicted octanol–water partition coefficient (Wildman–Crippen LogP) is 1.42. The molecule has 5 heteroatoms. The van der Waals surface area contributed by atoms with Crippen molar-refractivity contribution in [2.24, 2.45) is 13.0 Å². The van der Waals surface area contributed by atoms with Gasteiger partial charge in [-0.15, -0.1) is 0 Å². The summed E-state index contributed by atoms with van der Waals surface area (Å²) in [4.78, 5) is 11.8. The van der Waals surface area contributed by atoms with Crippen LogP contribution in [0.1, 0.15) is 31.2 Å². The van der Waals surface area contributed by atoms with E-state index in [2.05, 4.69) is 10.4 Å². The Hall–Kier alpha value is -1.83. The molecule has 0 saturated heterocycles. The van der Waals surface area contributed by atoms with Crippen molar-refractivity contribution >= 4 is 11.7 Å². The van der Waals surface area contributed by atoms with Crippen LogP contribution in [0.2, 0.25) is 0 Å². The van der Waals surface area contributed by atoms with E-state index >= 15 is 0 Å². The number of hydrogen-bond donors (Lipinski definition) is 1. The average Bonchev–Trinajstić information content (AvgIpc) is 2.87. The molecular weight excluding hydrogens is 204 g/mol. The van der Waals surface area contributed by atoms with Crippen molar-refractivity contribution < 1.29 is 4.79 Å². The summed E-state index contributed by atoms with van der Waals surface area (Å²) in [6.07, 6.45) is 5.72. The number of nitrogens with zero attached hydrogens (tertiary/aromatic N) is 3. The Balaban J connectivity index is 2.08. The second-order valence-corrected chi connectivity index (χ2v) is 4.15. The van der Waals surface area contributed by atoms with Crippen LogP contribution in [0, 0.1) is 17.2 Å². The van der Waals surface area contributed by atoms with Crippen molar-refractivity contribution in [1.82, 2.24) is 9.78 Å². The van der Waals surface area contributed by atoms with Gasteiger partial charge in [0.15, 0.2) is 5.82 Å². The molecule has 0 unspecified atom stereocenters. The van der Waals surface area contributed by atoms with Crippen molar-refractivity contribution in [2.45, 2.75) is 25.7 Å². The Labute approximate surface area is 94.1 Å². The number of hydrogen-bond acceptors (Lipinski definition) is 3. The molecule has 5 nitrogen and oxygen atoms in total. The quantitative estimate of drug-likeness (QED) is 0.816. The Morgan fingerprint density at radius 2 is 2.31 bits per heavy atom. The van der Waals surface area contributed by atoms with Crippen molar-refractivity contribution in [1.29, 1.82) is 5.26 Å². The predicted molar refractivity (Wildman–Crippen MR) is 58.5 cm³/mol. The molecule has 1 heterocycles. The molecule has 2 rings (SSSR count). The average molecular weight is 218 g/mol. The lowest BCUT2D eigenvalue weighted by Crippen LogP contribution is -2.21. The smallest absolute Gasteiger partial charge is 0.228 e. The number of nitriles is 1. The molecule has 16 heavy (non-hydrogen) atoms. The van der Waals surface area contributed by atoms with Crippen molar-refractivity contribution in [3.05, 3.63) is 11.8 Å². The van der Waals surface area contributed by atoms with Crippen LogP contribution < -0.4 is 5.32 Å². The summed E-state index contributed by atoms with van der Waals surface area (Å²) in [5.41, 5.74) is 0.411. The zero-order chi connectivity index (χ0) is 11.5. The lowest BCUT2D eigenvalue weighted by atomic mass is 10.1. The van der Waals surface area contributed by atoms with Gasteiger partial charge in [-0.3, -0.25) is 9.48 Å². The molecule has 0 aromatic carbocycles. The van der Waals surface area contributed by atoms with Gasteiger partial charge >= 0.3 is 0 Å². The molecule has 1 aliphatic rings.